The molecule has 0 radical (unpaired) electrons. The van der Waals surface area contributed by atoms with Crippen LogP contribution in [0.4, 0.5) is 17.1 Å². The Bertz CT molecular complexity index is 3900. The van der Waals surface area contributed by atoms with Crippen LogP contribution in [-0.4, -0.2) is 4.57 Å². The lowest BCUT2D eigenvalue weighted by Crippen LogP contribution is -2.28. The number of nitrogens with zero attached hydrogens (tertiary/aromatic N) is 2. The molecule has 0 atom stereocenters. The summed E-state index contributed by atoms with van der Waals surface area (Å²) in [7, 11) is 0. The number of anilines is 3. The summed E-state index contributed by atoms with van der Waals surface area (Å²) in [6.45, 7) is 2.42. The van der Waals surface area contributed by atoms with Crippen LogP contribution < -0.4 is 4.90 Å². The first-order valence-corrected chi connectivity index (χ1v) is 24.8. The predicted octanol–water partition coefficient (Wildman–Crippen LogP) is 17.6. The number of hydrogen-bond acceptors (Lipinski definition) is 1. The smallest absolute Gasteiger partial charge is 0.0714 e. The quantitative estimate of drug-likeness (QED) is 0.147. The minimum Gasteiger partial charge on any atom is -0.310 e. The van der Waals surface area contributed by atoms with Gasteiger partial charge in [0.1, 0.15) is 0 Å². The van der Waals surface area contributed by atoms with E-state index < -0.39 is 5.41 Å². The summed E-state index contributed by atoms with van der Waals surface area (Å²) in [5.41, 5.74) is 22.5. The molecule has 0 amide bonds. The number of benzene rings is 11. The van der Waals surface area contributed by atoms with Gasteiger partial charge in [0.05, 0.1) is 16.4 Å². The van der Waals surface area contributed by atoms with Crippen molar-refractivity contribution in [3.63, 3.8) is 0 Å². The second kappa shape index (κ2) is 16.1. The lowest BCUT2D eigenvalue weighted by Gasteiger charge is -2.35. The monoisotopic (exact) mass is 904 g/mol. The number of fused-ring (bicyclic) bond motifs is 9. The third kappa shape index (κ3) is 6.08. The molecule has 14 rings (SSSR count). The molecular weight excluding hydrogens is 857 g/mol. The second-order valence-electron chi connectivity index (χ2n) is 19.3. The average molecular weight is 905 g/mol. The van der Waals surface area contributed by atoms with Gasteiger partial charge in [0.2, 0.25) is 0 Å². The van der Waals surface area contributed by atoms with Gasteiger partial charge in [-0.1, -0.05) is 206 Å². The first-order valence-electron chi connectivity index (χ1n) is 24.8. The Morgan fingerprint density at radius 1 is 0.310 bits per heavy atom. The molecule has 1 heterocycles. The molecule has 334 valence electrons. The minimum atomic E-state index is -0.537. The van der Waals surface area contributed by atoms with Crippen molar-refractivity contribution in [3.8, 4) is 39.1 Å². The maximum Gasteiger partial charge on any atom is 0.0714 e. The summed E-state index contributed by atoms with van der Waals surface area (Å²) in [6, 6.07) is 101. The normalized spacial score (nSPS) is 13.6. The Balaban J connectivity index is 1.02. The molecule has 2 aliphatic carbocycles. The maximum atomic E-state index is 2.49. The molecule has 11 aromatic carbocycles. The average Bonchev–Trinajstić information content (AvgIpc) is 4.04. The zero-order valence-electron chi connectivity index (χ0n) is 39.4. The van der Waals surface area contributed by atoms with Crippen molar-refractivity contribution in [3.05, 3.63) is 312 Å². The predicted molar refractivity (Wildman–Crippen MR) is 296 cm³/mol. The van der Waals surface area contributed by atoms with Crippen LogP contribution in [0.2, 0.25) is 0 Å². The summed E-state index contributed by atoms with van der Waals surface area (Å²) in [4.78, 5) is 2.47. The molecule has 0 fully saturated rings. The van der Waals surface area contributed by atoms with E-state index in [0.29, 0.717) is 0 Å². The van der Waals surface area contributed by atoms with E-state index >= 15 is 0 Å². The summed E-state index contributed by atoms with van der Waals surface area (Å²) >= 11 is 0. The molecule has 0 spiro atoms. The van der Waals surface area contributed by atoms with Crippen molar-refractivity contribution in [2.75, 3.05) is 4.90 Å². The van der Waals surface area contributed by atoms with Gasteiger partial charge >= 0.3 is 0 Å². The van der Waals surface area contributed by atoms with E-state index in [4.69, 9.17) is 0 Å². The van der Waals surface area contributed by atoms with Crippen LogP contribution in [0.15, 0.2) is 273 Å². The van der Waals surface area contributed by atoms with E-state index in [1.807, 2.05) is 0 Å². The minimum absolute atomic E-state index is 0.335. The SMILES string of the molecule is CC1(c2ccc3c(c2)c2cc(N(c4ccc(-c5ccccc5)cc4)c4ccc5c(c4)C(c4ccccc4)(c4ccccc4)c4ccccc4-5)ccc2n3-c2ccccc2)c2ccccc2-c2ccccc21. The van der Waals surface area contributed by atoms with Crippen LogP contribution >= 0.6 is 0 Å². The Morgan fingerprint density at radius 3 is 1.37 bits per heavy atom. The van der Waals surface area contributed by atoms with E-state index in [1.165, 1.54) is 94.1 Å². The van der Waals surface area contributed by atoms with Gasteiger partial charge < -0.3 is 9.47 Å². The summed E-state index contributed by atoms with van der Waals surface area (Å²) in [5, 5.41) is 2.43. The van der Waals surface area contributed by atoms with Crippen LogP contribution in [0.1, 0.15) is 45.9 Å². The summed E-state index contributed by atoms with van der Waals surface area (Å²) in [6.07, 6.45) is 0. The van der Waals surface area contributed by atoms with Gasteiger partial charge in [-0.25, -0.2) is 0 Å². The molecule has 71 heavy (non-hydrogen) atoms. The molecule has 2 heteroatoms. The lowest BCUT2D eigenvalue weighted by molar-refractivity contribution is 0.715. The van der Waals surface area contributed by atoms with E-state index in [0.717, 1.165) is 22.7 Å². The van der Waals surface area contributed by atoms with E-state index in [1.54, 1.807) is 0 Å². The van der Waals surface area contributed by atoms with Crippen molar-refractivity contribution in [2.24, 2.45) is 0 Å². The van der Waals surface area contributed by atoms with Gasteiger partial charge in [0.25, 0.3) is 0 Å². The highest BCUT2D eigenvalue weighted by Crippen LogP contribution is 2.58. The van der Waals surface area contributed by atoms with Gasteiger partial charge in [-0.05, 0) is 146 Å². The Kier molecular flexibility index (Phi) is 9.28. The van der Waals surface area contributed by atoms with E-state index in [2.05, 4.69) is 289 Å². The third-order valence-electron chi connectivity index (χ3n) is 15.8. The summed E-state index contributed by atoms with van der Waals surface area (Å²) < 4.78 is 2.44. The Morgan fingerprint density at radius 2 is 0.746 bits per heavy atom. The van der Waals surface area contributed by atoms with Gasteiger partial charge in [-0.3, -0.25) is 0 Å². The van der Waals surface area contributed by atoms with E-state index in [9.17, 15) is 0 Å². The van der Waals surface area contributed by atoms with E-state index in [-0.39, 0.29) is 5.41 Å². The molecule has 0 saturated carbocycles. The van der Waals surface area contributed by atoms with Gasteiger partial charge in [0.15, 0.2) is 0 Å². The maximum absolute atomic E-state index is 2.49. The standard InChI is InChI=1S/C69H48N2/c1-68(62-31-17-14-28-56(62)57-29-15-18-32-63(57)68)51-36-42-66-60(44-51)61-45-54(40-43-67(61)71(66)52-26-12-5-13-27-52)70(53-37-34-48(35-38-53)47-20-6-2-7-21-47)55-39-41-59-58-30-16-19-33-64(58)69(65(59)46-55,49-22-8-3-9-23-49)50-24-10-4-11-25-50/h2-46H,1H3. The molecule has 0 bridgehead atoms. The molecule has 2 aliphatic rings. The van der Waals surface area contributed by atoms with Crippen molar-refractivity contribution >= 4 is 38.9 Å². The fourth-order valence-corrected chi connectivity index (χ4v) is 12.5. The lowest BCUT2D eigenvalue weighted by atomic mass is 9.67. The molecule has 0 aliphatic heterocycles. The van der Waals surface area contributed by atoms with Crippen LogP contribution in [-0.2, 0) is 10.8 Å². The first kappa shape index (κ1) is 41.0. The molecule has 0 unspecified atom stereocenters. The van der Waals surface area contributed by atoms with Crippen molar-refractivity contribution in [1.82, 2.24) is 4.57 Å². The van der Waals surface area contributed by atoms with Crippen molar-refractivity contribution < 1.29 is 0 Å². The van der Waals surface area contributed by atoms with Crippen molar-refractivity contribution in [1.29, 1.82) is 0 Å². The van der Waals surface area contributed by atoms with Gasteiger partial charge in [-0.2, -0.15) is 0 Å². The van der Waals surface area contributed by atoms with Crippen LogP contribution in [0, 0.1) is 0 Å². The molecule has 0 saturated heterocycles. The first-order chi connectivity index (χ1) is 35.1. The fourth-order valence-electron chi connectivity index (χ4n) is 12.5. The highest BCUT2D eigenvalue weighted by molar-refractivity contribution is 6.11. The van der Waals surface area contributed by atoms with Crippen LogP contribution in [0.25, 0.3) is 60.9 Å². The topological polar surface area (TPSA) is 8.17 Å². The fraction of sp³-hybridized carbons (Fsp3) is 0.0435. The highest BCUT2D eigenvalue weighted by atomic mass is 15.1. The zero-order valence-corrected chi connectivity index (χ0v) is 39.4. The number of para-hydroxylation sites is 1. The van der Waals surface area contributed by atoms with Crippen LogP contribution in [0.3, 0.4) is 0 Å². The molecule has 0 N–H and O–H groups in total. The number of rotatable bonds is 8. The molecule has 2 nitrogen and oxygen atoms in total. The molecular formula is C69H48N2. The molecule has 1 aromatic heterocycles. The number of hydrogen-bond donors (Lipinski definition) is 0. The second-order valence-corrected chi connectivity index (χ2v) is 19.3. The summed E-state index contributed by atoms with van der Waals surface area (Å²) in [5.74, 6) is 0. The largest absolute Gasteiger partial charge is 0.310 e. The van der Waals surface area contributed by atoms with Gasteiger partial charge in [0, 0.05) is 38.9 Å². The van der Waals surface area contributed by atoms with Crippen molar-refractivity contribution in [2.45, 2.75) is 17.8 Å². The third-order valence-corrected chi connectivity index (χ3v) is 15.8. The molecule has 12 aromatic rings. The Labute approximate surface area is 415 Å². The van der Waals surface area contributed by atoms with Crippen LogP contribution in [0.5, 0.6) is 0 Å². The van der Waals surface area contributed by atoms with Gasteiger partial charge in [-0.15, -0.1) is 0 Å². The number of aromatic nitrogens is 1. The zero-order chi connectivity index (χ0) is 47.1. The Hall–Kier alpha value is -8.98. The highest BCUT2D eigenvalue weighted by Gasteiger charge is 2.46.